The molecule has 0 aliphatic rings. The quantitative estimate of drug-likeness (QED) is 0.573. The highest BCUT2D eigenvalue weighted by Gasteiger charge is 2.08. The summed E-state index contributed by atoms with van der Waals surface area (Å²) in [4.78, 5) is 0. The minimum atomic E-state index is -0.242. The van der Waals surface area contributed by atoms with E-state index in [2.05, 4.69) is 6.92 Å². The molecule has 0 fully saturated rings. The Morgan fingerprint density at radius 1 is 1.15 bits per heavy atom. The van der Waals surface area contributed by atoms with E-state index >= 15 is 0 Å². The van der Waals surface area contributed by atoms with Crippen LogP contribution in [-0.4, -0.2) is 16.3 Å². The molecule has 0 aliphatic carbocycles. The van der Waals surface area contributed by atoms with Crippen LogP contribution in [0, 0.1) is 6.10 Å². The normalized spacial score (nSPS) is 13.6. The molecule has 0 saturated heterocycles. The van der Waals surface area contributed by atoms with Crippen molar-refractivity contribution in [2.45, 2.75) is 64.9 Å². The van der Waals surface area contributed by atoms with Gasteiger partial charge < -0.3 is 10.2 Å². The summed E-state index contributed by atoms with van der Waals surface area (Å²) >= 11 is 0. The van der Waals surface area contributed by atoms with E-state index in [4.69, 9.17) is 0 Å². The average molecular weight is 187 g/mol. The molecule has 0 amide bonds. The Bertz CT molecular complexity index is 104. The topological polar surface area (TPSA) is 40.5 Å². The molecule has 2 nitrogen and oxygen atoms in total. The van der Waals surface area contributed by atoms with Gasteiger partial charge in [0.25, 0.3) is 0 Å². The zero-order valence-corrected chi connectivity index (χ0v) is 8.92. The van der Waals surface area contributed by atoms with Gasteiger partial charge in [-0.15, -0.1) is 0 Å². The lowest BCUT2D eigenvalue weighted by Crippen LogP contribution is -2.07. The summed E-state index contributed by atoms with van der Waals surface area (Å²) in [6.07, 6.45) is 6.71. The van der Waals surface area contributed by atoms with E-state index in [9.17, 15) is 10.2 Å². The molecular formula is C11H23O2. The first-order valence-corrected chi connectivity index (χ1v) is 5.42. The number of rotatable bonds is 8. The van der Waals surface area contributed by atoms with Crippen molar-refractivity contribution in [3.05, 3.63) is 6.10 Å². The van der Waals surface area contributed by atoms with Crippen LogP contribution in [0.25, 0.3) is 0 Å². The first-order chi connectivity index (χ1) is 6.20. The van der Waals surface area contributed by atoms with Gasteiger partial charge in [-0.05, 0) is 25.7 Å². The molecule has 1 radical (unpaired) electrons. The SMILES string of the molecule is CCCCC[C](O)CCC(O)CC. The van der Waals surface area contributed by atoms with E-state index in [0.29, 0.717) is 18.9 Å². The summed E-state index contributed by atoms with van der Waals surface area (Å²) in [5.74, 6) is 0. The maximum Gasteiger partial charge on any atom is 0.0934 e. The summed E-state index contributed by atoms with van der Waals surface area (Å²) in [5, 5.41) is 18.7. The highest BCUT2D eigenvalue weighted by Crippen LogP contribution is 2.16. The Kier molecular flexibility index (Phi) is 8.46. The zero-order valence-electron chi connectivity index (χ0n) is 8.92. The lowest BCUT2D eigenvalue weighted by molar-refractivity contribution is 0.144. The van der Waals surface area contributed by atoms with Gasteiger partial charge in [0.15, 0.2) is 0 Å². The minimum absolute atomic E-state index is 0.242. The number of aliphatic hydroxyl groups excluding tert-OH is 2. The molecule has 13 heavy (non-hydrogen) atoms. The molecule has 2 N–H and O–H groups in total. The maximum absolute atomic E-state index is 9.43. The smallest absolute Gasteiger partial charge is 0.0934 e. The van der Waals surface area contributed by atoms with Crippen LogP contribution in [0.15, 0.2) is 0 Å². The molecule has 0 rings (SSSR count). The van der Waals surface area contributed by atoms with Gasteiger partial charge in [-0.2, -0.15) is 0 Å². The first kappa shape index (κ1) is 12.9. The van der Waals surface area contributed by atoms with Crippen molar-refractivity contribution < 1.29 is 10.2 Å². The van der Waals surface area contributed by atoms with E-state index in [1.807, 2.05) is 6.92 Å². The summed E-state index contributed by atoms with van der Waals surface area (Å²) in [6.45, 7) is 4.11. The summed E-state index contributed by atoms with van der Waals surface area (Å²) < 4.78 is 0. The number of hydrogen-bond acceptors (Lipinski definition) is 2. The molecule has 0 heterocycles. The van der Waals surface area contributed by atoms with Gasteiger partial charge in [0.1, 0.15) is 0 Å². The zero-order chi connectivity index (χ0) is 10.1. The predicted molar refractivity (Wildman–Crippen MR) is 54.9 cm³/mol. The standard InChI is InChI=1S/C11H23O2/c1-3-5-6-7-11(13)9-8-10(12)4-2/h10,12-13H,3-9H2,1-2H3. The Labute approximate surface area is 82.0 Å². The average Bonchev–Trinajstić information content (AvgIpc) is 2.14. The molecule has 0 spiro atoms. The van der Waals surface area contributed by atoms with Gasteiger partial charge in [-0.1, -0.05) is 33.1 Å². The lowest BCUT2D eigenvalue weighted by atomic mass is 10.0. The largest absolute Gasteiger partial charge is 0.393 e. The lowest BCUT2D eigenvalue weighted by Gasteiger charge is -2.11. The summed E-state index contributed by atoms with van der Waals surface area (Å²) in [7, 11) is 0. The van der Waals surface area contributed by atoms with E-state index in [1.165, 1.54) is 12.8 Å². The van der Waals surface area contributed by atoms with Crippen molar-refractivity contribution in [2.24, 2.45) is 0 Å². The van der Waals surface area contributed by atoms with Crippen LogP contribution in [0.1, 0.15) is 58.8 Å². The van der Waals surface area contributed by atoms with E-state index < -0.39 is 0 Å². The van der Waals surface area contributed by atoms with Crippen molar-refractivity contribution in [1.29, 1.82) is 0 Å². The van der Waals surface area contributed by atoms with Crippen molar-refractivity contribution in [3.8, 4) is 0 Å². The molecule has 79 valence electrons. The Balaban J connectivity index is 3.24. The highest BCUT2D eigenvalue weighted by atomic mass is 16.3. The van der Waals surface area contributed by atoms with Gasteiger partial charge in [0.05, 0.1) is 12.2 Å². The molecule has 0 bridgehead atoms. The highest BCUT2D eigenvalue weighted by molar-refractivity contribution is 4.76. The number of aliphatic hydroxyl groups is 2. The fourth-order valence-corrected chi connectivity index (χ4v) is 1.24. The minimum Gasteiger partial charge on any atom is -0.393 e. The predicted octanol–water partition coefficient (Wildman–Crippen LogP) is 3.02. The third-order valence-electron chi connectivity index (χ3n) is 2.31. The third-order valence-corrected chi connectivity index (χ3v) is 2.31. The van der Waals surface area contributed by atoms with Gasteiger partial charge in [-0.25, -0.2) is 0 Å². The van der Waals surface area contributed by atoms with Crippen LogP contribution < -0.4 is 0 Å². The number of unbranched alkanes of at least 4 members (excludes halogenated alkanes) is 2. The van der Waals surface area contributed by atoms with Crippen LogP contribution in [0.5, 0.6) is 0 Å². The maximum atomic E-state index is 9.43. The molecule has 2 heteroatoms. The second kappa shape index (κ2) is 8.52. The molecule has 0 aliphatic heterocycles. The van der Waals surface area contributed by atoms with E-state index in [-0.39, 0.29) is 6.10 Å². The molecule has 0 aromatic heterocycles. The molecular weight excluding hydrogens is 164 g/mol. The second-order valence-electron chi connectivity index (χ2n) is 3.62. The fourth-order valence-electron chi connectivity index (χ4n) is 1.24. The Hall–Kier alpha value is -0.0800. The van der Waals surface area contributed by atoms with Crippen molar-refractivity contribution in [1.82, 2.24) is 0 Å². The van der Waals surface area contributed by atoms with Crippen molar-refractivity contribution in [2.75, 3.05) is 0 Å². The van der Waals surface area contributed by atoms with Crippen molar-refractivity contribution in [3.63, 3.8) is 0 Å². The third kappa shape index (κ3) is 8.26. The van der Waals surface area contributed by atoms with Crippen LogP contribution >= 0.6 is 0 Å². The van der Waals surface area contributed by atoms with Crippen LogP contribution in [0.2, 0.25) is 0 Å². The Morgan fingerprint density at radius 3 is 2.38 bits per heavy atom. The fraction of sp³-hybridized carbons (Fsp3) is 0.909. The monoisotopic (exact) mass is 187 g/mol. The molecule has 1 atom stereocenters. The molecule has 1 unspecified atom stereocenters. The number of hydrogen-bond donors (Lipinski definition) is 2. The van der Waals surface area contributed by atoms with E-state index in [0.717, 1.165) is 19.3 Å². The Morgan fingerprint density at radius 2 is 1.85 bits per heavy atom. The van der Waals surface area contributed by atoms with Crippen LogP contribution in [0.3, 0.4) is 0 Å². The van der Waals surface area contributed by atoms with Gasteiger partial charge in [0, 0.05) is 0 Å². The summed E-state index contributed by atoms with van der Waals surface area (Å²) in [6, 6.07) is 0. The second-order valence-corrected chi connectivity index (χ2v) is 3.62. The molecule has 0 aromatic rings. The van der Waals surface area contributed by atoms with Crippen LogP contribution in [0.4, 0.5) is 0 Å². The van der Waals surface area contributed by atoms with E-state index in [1.54, 1.807) is 0 Å². The molecule has 0 aromatic carbocycles. The summed E-state index contributed by atoms with van der Waals surface area (Å²) in [5.41, 5.74) is 0. The van der Waals surface area contributed by atoms with Crippen LogP contribution in [-0.2, 0) is 0 Å². The van der Waals surface area contributed by atoms with Gasteiger partial charge >= 0.3 is 0 Å². The van der Waals surface area contributed by atoms with Gasteiger partial charge in [-0.3, -0.25) is 0 Å². The molecule has 0 saturated carbocycles. The van der Waals surface area contributed by atoms with Crippen molar-refractivity contribution >= 4 is 0 Å². The first-order valence-electron chi connectivity index (χ1n) is 5.42. The van der Waals surface area contributed by atoms with Gasteiger partial charge in [0.2, 0.25) is 0 Å².